The van der Waals surface area contributed by atoms with Gasteiger partial charge in [-0.1, -0.05) is 19.1 Å². The minimum Gasteiger partial charge on any atom is -0.497 e. The van der Waals surface area contributed by atoms with E-state index in [1.807, 2.05) is 24.3 Å². The molecule has 0 spiro atoms. The Morgan fingerprint density at radius 2 is 1.88 bits per heavy atom. The van der Waals surface area contributed by atoms with Gasteiger partial charge < -0.3 is 19.9 Å². The van der Waals surface area contributed by atoms with E-state index in [4.69, 9.17) is 9.73 Å². The molecule has 1 atom stereocenters. The summed E-state index contributed by atoms with van der Waals surface area (Å²) in [5.41, 5.74) is 1.32. The van der Waals surface area contributed by atoms with Crippen LogP contribution in [0.3, 0.4) is 0 Å². The first kappa shape index (κ1) is 18.9. The van der Waals surface area contributed by atoms with Gasteiger partial charge in [-0.15, -0.1) is 0 Å². The molecule has 0 aliphatic rings. The number of hydrogen-bond acceptors (Lipinski definition) is 2. The van der Waals surface area contributed by atoms with Gasteiger partial charge in [0.25, 0.3) is 0 Å². The molecule has 5 heteroatoms. The fourth-order valence-electron chi connectivity index (χ4n) is 2.63. The van der Waals surface area contributed by atoms with Crippen molar-refractivity contribution in [3.8, 4) is 5.75 Å². The summed E-state index contributed by atoms with van der Waals surface area (Å²) in [6.07, 6.45) is 5.16. The molecule has 0 saturated heterocycles. The van der Waals surface area contributed by atoms with Gasteiger partial charge in [-0.05, 0) is 49.1 Å². The number of nitrogens with one attached hydrogen (secondary N) is 2. The van der Waals surface area contributed by atoms with Crippen LogP contribution < -0.4 is 15.4 Å². The average Bonchev–Trinajstić information content (AvgIpc) is 3.15. The molecule has 0 aliphatic carbocycles. The van der Waals surface area contributed by atoms with E-state index >= 15 is 0 Å². The van der Waals surface area contributed by atoms with Gasteiger partial charge in [-0.3, -0.25) is 4.99 Å². The van der Waals surface area contributed by atoms with Crippen LogP contribution in [0.2, 0.25) is 0 Å². The summed E-state index contributed by atoms with van der Waals surface area (Å²) in [7, 11) is 1.69. The molecule has 2 N–H and O–H groups in total. The number of rotatable bonds is 9. The second-order valence-electron chi connectivity index (χ2n) is 6.07. The molecule has 0 radical (unpaired) electrons. The lowest BCUT2D eigenvalue weighted by molar-refractivity contribution is 0.414. The van der Waals surface area contributed by atoms with Crippen molar-refractivity contribution in [2.24, 2.45) is 4.99 Å². The summed E-state index contributed by atoms with van der Waals surface area (Å²) in [5, 5.41) is 6.69. The highest BCUT2D eigenvalue weighted by Crippen LogP contribution is 2.21. The predicted octanol–water partition coefficient (Wildman–Crippen LogP) is 3.25. The van der Waals surface area contributed by atoms with Gasteiger partial charge in [0.1, 0.15) is 5.75 Å². The van der Waals surface area contributed by atoms with Crippen molar-refractivity contribution in [2.45, 2.75) is 32.7 Å². The third kappa shape index (κ3) is 6.53. The lowest BCUT2D eigenvalue weighted by Crippen LogP contribution is -2.38. The van der Waals surface area contributed by atoms with Crippen LogP contribution in [0, 0.1) is 0 Å². The van der Waals surface area contributed by atoms with E-state index in [2.05, 4.69) is 53.6 Å². The maximum atomic E-state index is 5.21. The van der Waals surface area contributed by atoms with E-state index in [0.717, 1.165) is 44.3 Å². The van der Waals surface area contributed by atoms with Crippen LogP contribution >= 0.6 is 0 Å². The minimum absolute atomic E-state index is 0.470. The van der Waals surface area contributed by atoms with E-state index in [1.165, 1.54) is 5.56 Å². The lowest BCUT2D eigenvalue weighted by atomic mass is 9.98. The summed E-state index contributed by atoms with van der Waals surface area (Å²) in [6, 6.07) is 12.4. The molecule has 0 amide bonds. The van der Waals surface area contributed by atoms with E-state index in [1.54, 1.807) is 7.11 Å². The molecule has 1 heterocycles. The standard InChI is InChI=1S/C20H30N4O/c1-4-21-20(23-13-16-24-14-5-6-15-24)22-12-11-17(2)18-7-9-19(25-3)10-8-18/h5-10,14-15,17H,4,11-13,16H2,1-3H3,(H2,21,22,23). The molecule has 136 valence electrons. The smallest absolute Gasteiger partial charge is 0.191 e. The summed E-state index contributed by atoms with van der Waals surface area (Å²) in [6.45, 7) is 7.77. The van der Waals surface area contributed by atoms with Crippen molar-refractivity contribution in [1.29, 1.82) is 0 Å². The van der Waals surface area contributed by atoms with Crippen molar-refractivity contribution < 1.29 is 4.74 Å². The summed E-state index contributed by atoms with van der Waals surface area (Å²) < 4.78 is 7.37. The maximum absolute atomic E-state index is 5.21. The fourth-order valence-corrected chi connectivity index (χ4v) is 2.63. The molecule has 2 aromatic rings. The Kier molecular flexibility index (Phi) is 7.89. The van der Waals surface area contributed by atoms with Gasteiger partial charge in [0, 0.05) is 38.6 Å². The third-order valence-corrected chi connectivity index (χ3v) is 4.19. The number of benzene rings is 1. The molecule has 1 aromatic carbocycles. The van der Waals surface area contributed by atoms with Gasteiger partial charge in [0.2, 0.25) is 0 Å². The van der Waals surface area contributed by atoms with Crippen molar-refractivity contribution in [3.63, 3.8) is 0 Å². The molecular weight excluding hydrogens is 312 g/mol. The van der Waals surface area contributed by atoms with E-state index in [-0.39, 0.29) is 0 Å². The highest BCUT2D eigenvalue weighted by atomic mass is 16.5. The second kappa shape index (κ2) is 10.4. The number of ether oxygens (including phenoxy) is 1. The molecule has 0 saturated carbocycles. The van der Waals surface area contributed by atoms with Gasteiger partial charge in [-0.2, -0.15) is 0 Å². The number of hydrogen-bond donors (Lipinski definition) is 2. The Hall–Kier alpha value is -2.43. The van der Waals surface area contributed by atoms with Crippen LogP contribution in [-0.2, 0) is 6.54 Å². The predicted molar refractivity (Wildman–Crippen MR) is 104 cm³/mol. The highest BCUT2D eigenvalue weighted by molar-refractivity contribution is 5.79. The molecule has 1 aromatic heterocycles. The molecule has 5 nitrogen and oxygen atoms in total. The van der Waals surface area contributed by atoms with Crippen LogP contribution in [-0.4, -0.2) is 37.3 Å². The molecule has 0 fully saturated rings. The minimum atomic E-state index is 0.470. The lowest BCUT2D eigenvalue weighted by Gasteiger charge is -2.14. The van der Waals surface area contributed by atoms with Crippen LogP contribution in [0.25, 0.3) is 0 Å². The zero-order valence-electron chi connectivity index (χ0n) is 15.5. The van der Waals surface area contributed by atoms with Gasteiger partial charge in [0.05, 0.1) is 7.11 Å². The van der Waals surface area contributed by atoms with E-state index in [0.29, 0.717) is 5.92 Å². The number of nitrogens with zero attached hydrogens (tertiary/aromatic N) is 2. The number of aliphatic imine (C=N–C) groups is 1. The molecule has 1 unspecified atom stereocenters. The normalized spacial score (nSPS) is 12.7. The van der Waals surface area contributed by atoms with Gasteiger partial charge in [-0.25, -0.2) is 0 Å². The maximum Gasteiger partial charge on any atom is 0.191 e. The number of methoxy groups -OCH3 is 1. The monoisotopic (exact) mass is 342 g/mol. The number of guanidine groups is 1. The quantitative estimate of drug-likeness (QED) is 0.543. The fraction of sp³-hybridized carbons (Fsp3) is 0.450. The van der Waals surface area contributed by atoms with Crippen LogP contribution in [0.15, 0.2) is 53.8 Å². The van der Waals surface area contributed by atoms with Gasteiger partial charge in [0.15, 0.2) is 5.96 Å². The number of aromatic nitrogens is 1. The first-order chi connectivity index (χ1) is 12.2. The van der Waals surface area contributed by atoms with E-state index < -0.39 is 0 Å². The zero-order valence-corrected chi connectivity index (χ0v) is 15.5. The van der Waals surface area contributed by atoms with Gasteiger partial charge >= 0.3 is 0 Å². The van der Waals surface area contributed by atoms with Crippen molar-refractivity contribution in [3.05, 3.63) is 54.4 Å². The van der Waals surface area contributed by atoms with Crippen molar-refractivity contribution in [2.75, 3.05) is 26.7 Å². The Labute approximate surface area is 151 Å². The molecule has 2 rings (SSSR count). The summed E-state index contributed by atoms with van der Waals surface area (Å²) in [5.74, 6) is 2.25. The molecular formula is C20H30N4O. The van der Waals surface area contributed by atoms with Crippen LogP contribution in [0.5, 0.6) is 5.75 Å². The topological polar surface area (TPSA) is 50.6 Å². The third-order valence-electron chi connectivity index (χ3n) is 4.19. The van der Waals surface area contributed by atoms with Crippen molar-refractivity contribution in [1.82, 2.24) is 15.2 Å². The molecule has 0 aliphatic heterocycles. The largest absolute Gasteiger partial charge is 0.497 e. The summed E-state index contributed by atoms with van der Waals surface area (Å²) in [4.78, 5) is 4.69. The first-order valence-electron chi connectivity index (χ1n) is 8.99. The van der Waals surface area contributed by atoms with Crippen molar-refractivity contribution >= 4 is 5.96 Å². The Morgan fingerprint density at radius 3 is 2.52 bits per heavy atom. The SMILES string of the molecule is CCNC(=NCCC(C)c1ccc(OC)cc1)NCCn1cccc1. The Balaban J connectivity index is 1.78. The second-order valence-corrected chi connectivity index (χ2v) is 6.07. The summed E-state index contributed by atoms with van der Waals surface area (Å²) >= 11 is 0. The highest BCUT2D eigenvalue weighted by Gasteiger charge is 2.06. The Bertz CT molecular complexity index is 620. The van der Waals surface area contributed by atoms with E-state index in [9.17, 15) is 0 Å². The molecule has 0 bridgehead atoms. The Morgan fingerprint density at radius 1 is 1.16 bits per heavy atom. The average molecular weight is 342 g/mol. The first-order valence-corrected chi connectivity index (χ1v) is 8.99. The van der Waals surface area contributed by atoms with Crippen LogP contribution in [0.1, 0.15) is 31.7 Å². The van der Waals surface area contributed by atoms with Crippen LogP contribution in [0.4, 0.5) is 0 Å². The molecule has 25 heavy (non-hydrogen) atoms. The zero-order chi connectivity index (χ0) is 17.9.